The van der Waals surface area contributed by atoms with E-state index in [0.29, 0.717) is 6.54 Å². The Hall–Kier alpha value is -0.870. The fourth-order valence-corrected chi connectivity index (χ4v) is 2.82. The minimum absolute atomic E-state index is 0.151. The van der Waals surface area contributed by atoms with Crippen LogP contribution in [0.5, 0.6) is 0 Å². The van der Waals surface area contributed by atoms with Crippen molar-refractivity contribution in [3.05, 3.63) is 21.9 Å². The highest BCUT2D eigenvalue weighted by molar-refractivity contribution is 7.12. The number of carbonyl (C=O) groups is 1. The van der Waals surface area contributed by atoms with Crippen LogP contribution in [-0.4, -0.2) is 29.9 Å². The molecule has 1 saturated heterocycles. The van der Waals surface area contributed by atoms with Crippen LogP contribution in [0.2, 0.25) is 0 Å². The number of likely N-dealkylation sites (tertiary alicyclic amines) is 1. The van der Waals surface area contributed by atoms with E-state index in [2.05, 4.69) is 0 Å². The number of piperidine rings is 1. The highest BCUT2D eigenvalue weighted by Crippen LogP contribution is 2.20. The molecule has 1 fully saturated rings. The summed E-state index contributed by atoms with van der Waals surface area (Å²) in [5.74, 6) is 0.151. The maximum Gasteiger partial charge on any atom is 0.264 e. The van der Waals surface area contributed by atoms with Gasteiger partial charge in [-0.2, -0.15) is 0 Å². The second-order valence-corrected chi connectivity index (χ2v) is 5.00. The number of thiophene rings is 1. The van der Waals surface area contributed by atoms with Crippen LogP contribution >= 0.6 is 11.3 Å². The number of hydrogen-bond donors (Lipinski definition) is 1. The van der Waals surface area contributed by atoms with Crippen LogP contribution in [0.3, 0.4) is 0 Å². The monoisotopic (exact) mass is 224 g/mol. The van der Waals surface area contributed by atoms with Crippen LogP contribution in [0.1, 0.15) is 28.1 Å². The number of amides is 1. The van der Waals surface area contributed by atoms with Gasteiger partial charge in [0.05, 0.1) is 4.88 Å². The van der Waals surface area contributed by atoms with Crippen LogP contribution < -0.4 is 5.73 Å². The molecule has 82 valence electrons. The minimum Gasteiger partial charge on any atom is -0.336 e. The summed E-state index contributed by atoms with van der Waals surface area (Å²) in [5, 5.41) is 1.96. The summed E-state index contributed by atoms with van der Waals surface area (Å²) < 4.78 is 0. The van der Waals surface area contributed by atoms with E-state index in [-0.39, 0.29) is 11.9 Å². The Kier molecular flexibility index (Phi) is 3.07. The fourth-order valence-electron chi connectivity index (χ4n) is 1.93. The van der Waals surface area contributed by atoms with Crippen LogP contribution in [0, 0.1) is 6.92 Å². The van der Waals surface area contributed by atoms with Crippen molar-refractivity contribution in [3.63, 3.8) is 0 Å². The van der Waals surface area contributed by atoms with Crippen molar-refractivity contribution in [2.75, 3.05) is 13.1 Å². The van der Waals surface area contributed by atoms with Gasteiger partial charge in [-0.15, -0.1) is 11.3 Å². The van der Waals surface area contributed by atoms with Gasteiger partial charge in [0, 0.05) is 19.1 Å². The highest BCUT2D eigenvalue weighted by atomic mass is 32.1. The molecule has 0 bridgehead atoms. The van der Waals surface area contributed by atoms with E-state index in [9.17, 15) is 4.79 Å². The third-order valence-corrected chi connectivity index (χ3v) is 3.81. The molecule has 1 aromatic heterocycles. The Bertz CT molecular complexity index is 361. The average Bonchev–Trinajstić information content (AvgIpc) is 2.63. The second kappa shape index (κ2) is 4.33. The van der Waals surface area contributed by atoms with Crippen molar-refractivity contribution in [3.8, 4) is 0 Å². The van der Waals surface area contributed by atoms with Crippen LogP contribution in [0.4, 0.5) is 0 Å². The largest absolute Gasteiger partial charge is 0.336 e. The summed E-state index contributed by atoms with van der Waals surface area (Å²) in [7, 11) is 0. The molecule has 3 nitrogen and oxygen atoms in total. The number of nitrogens with zero attached hydrogens (tertiary/aromatic N) is 1. The average molecular weight is 224 g/mol. The van der Waals surface area contributed by atoms with Gasteiger partial charge in [0.2, 0.25) is 0 Å². The van der Waals surface area contributed by atoms with Crippen molar-refractivity contribution in [2.24, 2.45) is 5.73 Å². The first-order valence-corrected chi connectivity index (χ1v) is 6.15. The molecule has 0 aliphatic carbocycles. The van der Waals surface area contributed by atoms with Gasteiger partial charge in [0.25, 0.3) is 5.91 Å². The maximum absolute atomic E-state index is 12.1. The summed E-state index contributed by atoms with van der Waals surface area (Å²) in [6, 6.07) is 2.14. The summed E-state index contributed by atoms with van der Waals surface area (Å²) >= 11 is 1.52. The lowest BCUT2D eigenvalue weighted by Crippen LogP contribution is -2.45. The molecule has 1 aromatic rings. The lowest BCUT2D eigenvalue weighted by molar-refractivity contribution is 0.0713. The lowest BCUT2D eigenvalue weighted by atomic mass is 10.1. The van der Waals surface area contributed by atoms with E-state index in [0.717, 1.165) is 29.8 Å². The molecule has 0 radical (unpaired) electrons. The summed E-state index contributed by atoms with van der Waals surface area (Å²) in [5.41, 5.74) is 6.94. The SMILES string of the molecule is Cc1ccsc1C(=O)N1CCC[C@H](N)C1. The lowest BCUT2D eigenvalue weighted by Gasteiger charge is -2.30. The predicted molar refractivity (Wildman–Crippen MR) is 62.2 cm³/mol. The fraction of sp³-hybridized carbons (Fsp3) is 0.545. The Morgan fingerprint density at radius 3 is 3.07 bits per heavy atom. The smallest absolute Gasteiger partial charge is 0.264 e. The molecule has 1 aliphatic rings. The standard InChI is InChI=1S/C11H16N2OS/c1-8-4-6-15-10(8)11(14)13-5-2-3-9(12)7-13/h4,6,9H,2-3,5,7,12H2,1H3/t9-/m0/s1. The number of aryl methyl sites for hydroxylation is 1. The molecule has 0 spiro atoms. The van der Waals surface area contributed by atoms with E-state index in [1.54, 1.807) is 0 Å². The second-order valence-electron chi connectivity index (χ2n) is 4.09. The maximum atomic E-state index is 12.1. The number of carbonyl (C=O) groups excluding carboxylic acids is 1. The first-order valence-electron chi connectivity index (χ1n) is 5.27. The van der Waals surface area contributed by atoms with Gasteiger partial charge in [0.1, 0.15) is 0 Å². The Morgan fingerprint density at radius 1 is 1.67 bits per heavy atom. The van der Waals surface area contributed by atoms with Gasteiger partial charge in [-0.1, -0.05) is 0 Å². The third kappa shape index (κ3) is 2.21. The zero-order chi connectivity index (χ0) is 10.8. The molecule has 0 unspecified atom stereocenters. The molecule has 1 aliphatic heterocycles. The molecule has 1 atom stereocenters. The van der Waals surface area contributed by atoms with Gasteiger partial charge in [-0.25, -0.2) is 0 Å². The van der Waals surface area contributed by atoms with Crippen LogP contribution in [0.25, 0.3) is 0 Å². The van der Waals surface area contributed by atoms with Crippen molar-refractivity contribution in [2.45, 2.75) is 25.8 Å². The molecule has 1 amide bonds. The van der Waals surface area contributed by atoms with Gasteiger partial charge in [-0.3, -0.25) is 4.79 Å². The minimum atomic E-state index is 0.151. The summed E-state index contributed by atoms with van der Waals surface area (Å²) in [6.07, 6.45) is 2.06. The zero-order valence-corrected chi connectivity index (χ0v) is 9.72. The first-order chi connectivity index (χ1) is 7.18. The molecule has 0 saturated carbocycles. The molecular weight excluding hydrogens is 208 g/mol. The molecular formula is C11H16N2OS. The van der Waals surface area contributed by atoms with Crippen molar-refractivity contribution < 1.29 is 4.79 Å². The zero-order valence-electron chi connectivity index (χ0n) is 8.90. The third-order valence-electron chi connectivity index (χ3n) is 2.80. The topological polar surface area (TPSA) is 46.3 Å². The quantitative estimate of drug-likeness (QED) is 0.788. The van der Waals surface area contributed by atoms with Gasteiger partial charge in [0.15, 0.2) is 0 Å². The predicted octanol–water partition coefficient (Wildman–Crippen LogP) is 1.62. The number of nitrogens with two attached hydrogens (primary N) is 1. The van der Waals surface area contributed by atoms with E-state index in [1.807, 2.05) is 23.3 Å². The van der Waals surface area contributed by atoms with E-state index >= 15 is 0 Å². The summed E-state index contributed by atoms with van der Waals surface area (Å²) in [4.78, 5) is 14.9. The first kappa shape index (κ1) is 10.6. The van der Waals surface area contributed by atoms with Crippen LogP contribution in [-0.2, 0) is 0 Å². The van der Waals surface area contributed by atoms with Gasteiger partial charge >= 0.3 is 0 Å². The Labute approximate surface area is 93.9 Å². The van der Waals surface area contributed by atoms with Gasteiger partial charge < -0.3 is 10.6 Å². The van der Waals surface area contributed by atoms with Crippen molar-refractivity contribution in [1.82, 2.24) is 4.90 Å². The molecule has 4 heteroatoms. The molecule has 0 aromatic carbocycles. The van der Waals surface area contributed by atoms with Crippen molar-refractivity contribution >= 4 is 17.2 Å². The van der Waals surface area contributed by atoms with E-state index < -0.39 is 0 Å². The molecule has 15 heavy (non-hydrogen) atoms. The molecule has 2 N–H and O–H groups in total. The normalized spacial score (nSPS) is 21.7. The van der Waals surface area contributed by atoms with E-state index in [1.165, 1.54) is 11.3 Å². The van der Waals surface area contributed by atoms with E-state index in [4.69, 9.17) is 5.73 Å². The molecule has 2 rings (SSSR count). The Morgan fingerprint density at radius 2 is 2.47 bits per heavy atom. The molecule has 2 heterocycles. The highest BCUT2D eigenvalue weighted by Gasteiger charge is 2.23. The Balaban J connectivity index is 2.11. The number of hydrogen-bond acceptors (Lipinski definition) is 3. The number of rotatable bonds is 1. The van der Waals surface area contributed by atoms with Crippen molar-refractivity contribution in [1.29, 1.82) is 0 Å². The van der Waals surface area contributed by atoms with Gasteiger partial charge in [-0.05, 0) is 36.8 Å². The summed E-state index contributed by atoms with van der Waals surface area (Å²) in [6.45, 7) is 3.54. The van der Waals surface area contributed by atoms with Crippen LogP contribution in [0.15, 0.2) is 11.4 Å².